The highest BCUT2D eigenvalue weighted by atomic mass is 15.0. The minimum absolute atomic E-state index is 0.547. The van der Waals surface area contributed by atoms with Crippen LogP contribution in [0.3, 0.4) is 0 Å². The molecular formula is C13H9N5. The van der Waals surface area contributed by atoms with E-state index in [0.717, 1.165) is 11.4 Å². The lowest BCUT2D eigenvalue weighted by Crippen LogP contribution is -1.97. The number of hydrogen-bond donors (Lipinski definition) is 0. The summed E-state index contributed by atoms with van der Waals surface area (Å²) in [5.41, 5.74) is 1.44. The van der Waals surface area contributed by atoms with Crippen LogP contribution in [0.5, 0.6) is 0 Å². The molecule has 5 heteroatoms. The molecule has 86 valence electrons. The molecule has 0 radical (unpaired) electrons. The van der Waals surface area contributed by atoms with E-state index in [1.54, 1.807) is 12.4 Å². The minimum atomic E-state index is 0.547. The molecule has 0 saturated carbocycles. The van der Waals surface area contributed by atoms with Crippen LogP contribution in [0.4, 0.5) is 0 Å². The Labute approximate surface area is 104 Å². The average Bonchev–Trinajstić information content (AvgIpc) is 2.49. The third-order valence-corrected chi connectivity index (χ3v) is 2.36. The summed E-state index contributed by atoms with van der Waals surface area (Å²) in [4.78, 5) is 21.0. The zero-order valence-electron chi connectivity index (χ0n) is 9.43. The first-order valence-electron chi connectivity index (χ1n) is 5.45. The van der Waals surface area contributed by atoms with Gasteiger partial charge in [0.1, 0.15) is 17.7 Å². The highest BCUT2D eigenvalue weighted by Gasteiger charge is 2.06. The summed E-state index contributed by atoms with van der Waals surface area (Å²) in [6.45, 7) is 0. The molecule has 0 aliphatic heterocycles. The summed E-state index contributed by atoms with van der Waals surface area (Å²) in [5.74, 6) is 1.09. The van der Waals surface area contributed by atoms with Gasteiger partial charge in [-0.25, -0.2) is 15.0 Å². The second-order valence-electron chi connectivity index (χ2n) is 3.56. The molecule has 0 fully saturated rings. The van der Waals surface area contributed by atoms with Crippen LogP contribution in [-0.4, -0.2) is 24.9 Å². The molecule has 0 spiro atoms. The lowest BCUT2D eigenvalue weighted by molar-refractivity contribution is 1.04. The van der Waals surface area contributed by atoms with E-state index in [9.17, 15) is 0 Å². The van der Waals surface area contributed by atoms with Gasteiger partial charge in [0.25, 0.3) is 0 Å². The molecule has 0 aliphatic rings. The third kappa shape index (κ3) is 2.06. The van der Waals surface area contributed by atoms with E-state index in [4.69, 9.17) is 0 Å². The maximum atomic E-state index is 4.37. The van der Waals surface area contributed by atoms with Crippen molar-refractivity contribution in [3.8, 4) is 23.0 Å². The highest BCUT2D eigenvalue weighted by Crippen LogP contribution is 2.14. The van der Waals surface area contributed by atoms with Crippen LogP contribution in [0.1, 0.15) is 0 Å². The normalized spacial score (nSPS) is 10.2. The maximum absolute atomic E-state index is 4.37. The number of aromatic nitrogens is 5. The fraction of sp³-hybridized carbons (Fsp3) is 0. The molecule has 0 unspecified atom stereocenters. The van der Waals surface area contributed by atoms with Gasteiger partial charge in [0.05, 0.1) is 0 Å². The molecule has 3 aromatic rings. The molecule has 0 aliphatic carbocycles. The van der Waals surface area contributed by atoms with Gasteiger partial charge in [-0.1, -0.05) is 12.1 Å². The second-order valence-corrected chi connectivity index (χ2v) is 3.56. The Kier molecular flexibility index (Phi) is 2.71. The number of hydrogen-bond acceptors (Lipinski definition) is 5. The summed E-state index contributed by atoms with van der Waals surface area (Å²) in [5, 5.41) is 0. The first kappa shape index (κ1) is 10.5. The van der Waals surface area contributed by atoms with Crippen molar-refractivity contribution in [1.82, 2.24) is 24.9 Å². The quantitative estimate of drug-likeness (QED) is 0.679. The van der Waals surface area contributed by atoms with Crippen LogP contribution < -0.4 is 0 Å². The van der Waals surface area contributed by atoms with E-state index >= 15 is 0 Å². The smallest absolute Gasteiger partial charge is 0.181 e. The monoisotopic (exact) mass is 235 g/mol. The van der Waals surface area contributed by atoms with Crippen molar-refractivity contribution >= 4 is 0 Å². The van der Waals surface area contributed by atoms with E-state index in [2.05, 4.69) is 24.9 Å². The molecule has 0 bridgehead atoms. The zero-order chi connectivity index (χ0) is 12.2. The molecule has 18 heavy (non-hydrogen) atoms. The Balaban J connectivity index is 2.05. The zero-order valence-corrected chi connectivity index (χ0v) is 9.43. The van der Waals surface area contributed by atoms with Crippen LogP contribution in [0.15, 0.2) is 55.1 Å². The van der Waals surface area contributed by atoms with Gasteiger partial charge in [0, 0.05) is 12.4 Å². The summed E-state index contributed by atoms with van der Waals surface area (Å²) in [7, 11) is 0. The minimum Gasteiger partial charge on any atom is -0.253 e. The lowest BCUT2D eigenvalue weighted by Gasteiger charge is -2.01. The molecule has 0 atom stereocenters. The summed E-state index contributed by atoms with van der Waals surface area (Å²) >= 11 is 0. The predicted molar refractivity (Wildman–Crippen MR) is 66.3 cm³/mol. The molecule has 0 N–H and O–H groups in total. The molecule has 3 aromatic heterocycles. The van der Waals surface area contributed by atoms with E-state index in [1.165, 1.54) is 6.33 Å². The van der Waals surface area contributed by atoms with E-state index < -0.39 is 0 Å². The Hall–Kier alpha value is -2.69. The van der Waals surface area contributed by atoms with Crippen molar-refractivity contribution in [3.63, 3.8) is 0 Å². The first-order chi connectivity index (χ1) is 8.93. The van der Waals surface area contributed by atoms with Crippen LogP contribution in [-0.2, 0) is 0 Å². The number of nitrogens with zero attached hydrogens (tertiary/aromatic N) is 5. The van der Waals surface area contributed by atoms with Gasteiger partial charge in [-0.15, -0.1) is 0 Å². The van der Waals surface area contributed by atoms with Crippen molar-refractivity contribution in [1.29, 1.82) is 0 Å². The fourth-order valence-corrected chi connectivity index (χ4v) is 1.53. The van der Waals surface area contributed by atoms with Crippen LogP contribution in [0.2, 0.25) is 0 Å². The van der Waals surface area contributed by atoms with Gasteiger partial charge >= 0.3 is 0 Å². The van der Waals surface area contributed by atoms with Crippen molar-refractivity contribution in [2.75, 3.05) is 0 Å². The van der Waals surface area contributed by atoms with Crippen LogP contribution in [0, 0.1) is 0 Å². The standard InChI is InChI=1S/C13H9N5/c1-3-7-14-10(5-1)12-16-9-17-13(18-12)11-6-2-4-8-15-11/h1-9H. The molecule has 5 nitrogen and oxygen atoms in total. The summed E-state index contributed by atoms with van der Waals surface area (Å²) in [6, 6.07) is 11.2. The van der Waals surface area contributed by atoms with Gasteiger partial charge in [-0.3, -0.25) is 9.97 Å². The van der Waals surface area contributed by atoms with E-state index in [-0.39, 0.29) is 0 Å². The average molecular weight is 235 g/mol. The van der Waals surface area contributed by atoms with Crippen molar-refractivity contribution in [2.24, 2.45) is 0 Å². The summed E-state index contributed by atoms with van der Waals surface area (Å²) in [6.07, 6.45) is 4.89. The van der Waals surface area contributed by atoms with Crippen molar-refractivity contribution in [3.05, 3.63) is 55.1 Å². The van der Waals surface area contributed by atoms with Gasteiger partial charge in [0.15, 0.2) is 11.6 Å². The van der Waals surface area contributed by atoms with Gasteiger partial charge < -0.3 is 0 Å². The Morgan fingerprint density at radius 1 is 0.611 bits per heavy atom. The Morgan fingerprint density at radius 3 is 1.61 bits per heavy atom. The number of pyridine rings is 2. The van der Waals surface area contributed by atoms with Crippen LogP contribution >= 0.6 is 0 Å². The maximum Gasteiger partial charge on any atom is 0.181 e. The summed E-state index contributed by atoms with van der Waals surface area (Å²) < 4.78 is 0. The van der Waals surface area contributed by atoms with E-state index in [1.807, 2.05) is 36.4 Å². The highest BCUT2D eigenvalue weighted by molar-refractivity contribution is 5.54. The molecule has 0 saturated heterocycles. The topological polar surface area (TPSA) is 64.5 Å². The molecule has 3 heterocycles. The van der Waals surface area contributed by atoms with Gasteiger partial charge in [0.2, 0.25) is 0 Å². The molecule has 0 amide bonds. The molecule has 3 rings (SSSR count). The Morgan fingerprint density at radius 2 is 1.17 bits per heavy atom. The van der Waals surface area contributed by atoms with Crippen LogP contribution in [0.25, 0.3) is 23.0 Å². The SMILES string of the molecule is c1ccc(-c2ncnc(-c3ccccn3)n2)nc1. The molecular weight excluding hydrogens is 226 g/mol. The number of rotatable bonds is 2. The predicted octanol–water partition coefficient (Wildman–Crippen LogP) is 2.00. The van der Waals surface area contributed by atoms with Gasteiger partial charge in [-0.05, 0) is 24.3 Å². The third-order valence-electron chi connectivity index (χ3n) is 2.36. The van der Waals surface area contributed by atoms with Crippen molar-refractivity contribution in [2.45, 2.75) is 0 Å². The largest absolute Gasteiger partial charge is 0.253 e. The lowest BCUT2D eigenvalue weighted by atomic mass is 10.3. The van der Waals surface area contributed by atoms with E-state index in [0.29, 0.717) is 11.6 Å². The van der Waals surface area contributed by atoms with Crippen molar-refractivity contribution < 1.29 is 0 Å². The second kappa shape index (κ2) is 4.67. The Bertz CT molecular complexity index is 585. The molecule has 0 aromatic carbocycles. The first-order valence-corrected chi connectivity index (χ1v) is 5.45. The van der Waals surface area contributed by atoms with Gasteiger partial charge in [-0.2, -0.15) is 0 Å². The fourth-order valence-electron chi connectivity index (χ4n) is 1.53.